The van der Waals surface area contributed by atoms with Crippen LogP contribution in [-0.4, -0.2) is 49.7 Å². The molecule has 0 radical (unpaired) electrons. The lowest BCUT2D eigenvalue weighted by Crippen LogP contribution is -2.31. The molecule has 38 heavy (non-hydrogen) atoms. The number of hydrogen-bond acceptors (Lipinski definition) is 5. The molecular formula is C30H29FN6S. The van der Waals surface area contributed by atoms with Crippen LogP contribution in [0.25, 0.3) is 49.3 Å². The van der Waals surface area contributed by atoms with E-state index in [0.29, 0.717) is 0 Å². The van der Waals surface area contributed by atoms with Crippen LogP contribution < -0.4 is 0 Å². The van der Waals surface area contributed by atoms with E-state index in [1.165, 1.54) is 30.9 Å². The standard InChI is InChI=1S/C30H29FN6S/c1-3-19(18-37-12-6-5-7-13-37)14-20(4-2)24-15-22-26(17-33-24)35-36-29(22)25-16-21-23(34-25)10-11-32-30(21)27-8-9-28(31)38-27/h3-4,8-11,14-17,34H,1,5-7,12-13,18H2,2H3,(H,35,36)/b19-14+,20-4+. The summed E-state index contributed by atoms with van der Waals surface area (Å²) in [6, 6.07) is 9.29. The summed E-state index contributed by atoms with van der Waals surface area (Å²) >= 11 is 1.10. The predicted octanol–water partition coefficient (Wildman–Crippen LogP) is 7.37. The van der Waals surface area contributed by atoms with Crippen LogP contribution in [0.3, 0.4) is 0 Å². The summed E-state index contributed by atoms with van der Waals surface area (Å²) in [5.41, 5.74) is 7.33. The van der Waals surface area contributed by atoms with Gasteiger partial charge in [-0.1, -0.05) is 25.2 Å². The molecule has 0 spiro atoms. The molecule has 1 fully saturated rings. The lowest BCUT2D eigenvalue weighted by Gasteiger charge is -2.26. The fourth-order valence-electron chi connectivity index (χ4n) is 5.15. The van der Waals surface area contributed by atoms with Gasteiger partial charge in [0.1, 0.15) is 5.69 Å². The number of thiophene rings is 1. The van der Waals surface area contributed by atoms with Crippen LogP contribution in [0.1, 0.15) is 31.9 Å². The van der Waals surface area contributed by atoms with Crippen molar-refractivity contribution in [1.82, 2.24) is 30.0 Å². The van der Waals surface area contributed by atoms with Crippen LogP contribution in [0.5, 0.6) is 0 Å². The van der Waals surface area contributed by atoms with E-state index >= 15 is 0 Å². The molecule has 0 bridgehead atoms. The van der Waals surface area contributed by atoms with Gasteiger partial charge in [-0.25, -0.2) is 0 Å². The zero-order valence-corrected chi connectivity index (χ0v) is 22.1. The minimum absolute atomic E-state index is 0.225. The molecule has 6 heterocycles. The molecule has 0 atom stereocenters. The number of H-pyrrole nitrogens is 2. The summed E-state index contributed by atoms with van der Waals surface area (Å²) in [5.74, 6) is 0. The molecule has 1 aliphatic rings. The number of halogens is 1. The largest absolute Gasteiger partial charge is 0.353 e. The predicted molar refractivity (Wildman–Crippen MR) is 154 cm³/mol. The van der Waals surface area contributed by atoms with Gasteiger partial charge in [-0.2, -0.15) is 9.49 Å². The topological polar surface area (TPSA) is 73.5 Å². The fourth-order valence-corrected chi connectivity index (χ4v) is 5.89. The average molecular weight is 525 g/mol. The van der Waals surface area contributed by atoms with Gasteiger partial charge in [-0.15, -0.1) is 11.3 Å². The van der Waals surface area contributed by atoms with Crippen molar-refractivity contribution in [2.45, 2.75) is 26.2 Å². The number of likely N-dealkylation sites (tertiary alicyclic amines) is 1. The Kier molecular flexibility index (Phi) is 6.74. The first kappa shape index (κ1) is 24.5. The average Bonchev–Trinajstić information content (AvgIpc) is 3.68. The Hall–Kier alpha value is -3.88. The smallest absolute Gasteiger partial charge is 0.177 e. The van der Waals surface area contributed by atoms with Crippen molar-refractivity contribution in [2.24, 2.45) is 0 Å². The van der Waals surface area contributed by atoms with Crippen LogP contribution in [0.15, 0.2) is 73.1 Å². The molecule has 5 aromatic rings. The summed E-state index contributed by atoms with van der Waals surface area (Å²) in [5, 5.41) is 9.41. The molecule has 0 saturated carbocycles. The number of fused-ring (bicyclic) bond motifs is 2. The van der Waals surface area contributed by atoms with Crippen LogP contribution in [0, 0.1) is 5.13 Å². The maximum Gasteiger partial charge on any atom is 0.177 e. The van der Waals surface area contributed by atoms with E-state index in [0.717, 1.165) is 86.0 Å². The highest BCUT2D eigenvalue weighted by Crippen LogP contribution is 2.35. The highest BCUT2D eigenvalue weighted by atomic mass is 32.1. The number of allylic oxidation sites excluding steroid dienone is 3. The first-order valence-electron chi connectivity index (χ1n) is 12.9. The van der Waals surface area contributed by atoms with Gasteiger partial charge < -0.3 is 4.98 Å². The summed E-state index contributed by atoms with van der Waals surface area (Å²) in [6.45, 7) is 9.29. The van der Waals surface area contributed by atoms with Crippen molar-refractivity contribution in [2.75, 3.05) is 19.6 Å². The SMILES string of the molecule is C=C/C(=C\C(=C/C)c1cc2c(-c3cc4c(-c5ccc(F)s5)nccc4[nH]3)n[nH]c2cn1)CN1CCCCC1. The third kappa shape index (κ3) is 4.73. The number of piperidine rings is 1. The van der Waals surface area contributed by atoms with Crippen molar-refractivity contribution in [3.63, 3.8) is 0 Å². The summed E-state index contributed by atoms with van der Waals surface area (Å²) in [4.78, 5) is 16.0. The maximum atomic E-state index is 13.7. The molecule has 1 saturated heterocycles. The number of nitrogens with one attached hydrogen (secondary N) is 2. The Bertz CT molecular complexity index is 1680. The van der Waals surface area contributed by atoms with E-state index in [2.05, 4.69) is 49.9 Å². The molecular weight excluding hydrogens is 495 g/mol. The Morgan fingerprint density at radius 2 is 1.92 bits per heavy atom. The Morgan fingerprint density at radius 3 is 2.68 bits per heavy atom. The second kappa shape index (κ2) is 10.5. The van der Waals surface area contributed by atoms with Gasteiger partial charge in [0.25, 0.3) is 0 Å². The van der Waals surface area contributed by atoms with Gasteiger partial charge in [-0.05, 0) is 80.4 Å². The van der Waals surface area contributed by atoms with Crippen LogP contribution >= 0.6 is 11.3 Å². The van der Waals surface area contributed by atoms with Gasteiger partial charge in [0, 0.05) is 29.0 Å². The van der Waals surface area contributed by atoms with Gasteiger partial charge in [0.15, 0.2) is 5.13 Å². The minimum Gasteiger partial charge on any atom is -0.353 e. The highest BCUT2D eigenvalue weighted by Gasteiger charge is 2.17. The van der Waals surface area contributed by atoms with Crippen molar-refractivity contribution < 1.29 is 4.39 Å². The zero-order chi connectivity index (χ0) is 26.1. The van der Waals surface area contributed by atoms with Crippen molar-refractivity contribution in [3.05, 3.63) is 83.9 Å². The van der Waals surface area contributed by atoms with E-state index in [1.54, 1.807) is 12.3 Å². The molecule has 0 unspecified atom stereocenters. The number of nitrogens with zero attached hydrogens (tertiary/aromatic N) is 4. The molecule has 8 heteroatoms. The zero-order valence-electron chi connectivity index (χ0n) is 21.3. The van der Waals surface area contributed by atoms with Crippen LogP contribution in [-0.2, 0) is 0 Å². The lowest BCUT2D eigenvalue weighted by atomic mass is 10.0. The normalized spacial score (nSPS) is 15.5. The molecule has 6 nitrogen and oxygen atoms in total. The van der Waals surface area contributed by atoms with Gasteiger partial charge in [0.05, 0.1) is 33.7 Å². The van der Waals surface area contributed by atoms with Crippen molar-refractivity contribution in [3.8, 4) is 22.0 Å². The maximum absolute atomic E-state index is 13.7. The number of hydrogen-bond donors (Lipinski definition) is 2. The number of aromatic amines is 2. The molecule has 2 N–H and O–H groups in total. The third-order valence-corrected chi connectivity index (χ3v) is 8.00. The van der Waals surface area contributed by atoms with Gasteiger partial charge >= 0.3 is 0 Å². The second-order valence-electron chi connectivity index (χ2n) is 9.60. The molecule has 192 valence electrons. The van der Waals surface area contributed by atoms with E-state index < -0.39 is 0 Å². The van der Waals surface area contributed by atoms with Crippen LogP contribution in [0.2, 0.25) is 0 Å². The molecule has 1 aliphatic heterocycles. The van der Waals surface area contributed by atoms with Crippen molar-refractivity contribution >= 4 is 38.7 Å². The first-order valence-corrected chi connectivity index (χ1v) is 13.7. The van der Waals surface area contributed by atoms with Crippen molar-refractivity contribution in [1.29, 1.82) is 0 Å². The summed E-state index contributed by atoms with van der Waals surface area (Å²) in [6.07, 6.45) is 13.7. The molecule has 6 rings (SSSR count). The van der Waals surface area contributed by atoms with E-state index in [1.807, 2.05) is 31.3 Å². The molecule has 0 amide bonds. The van der Waals surface area contributed by atoms with Crippen LogP contribution in [0.4, 0.5) is 4.39 Å². The van der Waals surface area contributed by atoms with E-state index in [9.17, 15) is 4.39 Å². The Labute approximate surface area is 224 Å². The number of rotatable bonds is 7. The molecule has 5 aromatic heterocycles. The van der Waals surface area contributed by atoms with E-state index in [-0.39, 0.29) is 5.13 Å². The number of aromatic nitrogens is 5. The summed E-state index contributed by atoms with van der Waals surface area (Å²) in [7, 11) is 0. The minimum atomic E-state index is -0.225. The van der Waals surface area contributed by atoms with Gasteiger partial charge in [-0.3, -0.25) is 20.0 Å². The second-order valence-corrected chi connectivity index (χ2v) is 10.6. The highest BCUT2D eigenvalue weighted by molar-refractivity contribution is 7.13. The van der Waals surface area contributed by atoms with Gasteiger partial charge in [0.2, 0.25) is 0 Å². The summed E-state index contributed by atoms with van der Waals surface area (Å²) < 4.78 is 13.7. The monoisotopic (exact) mass is 524 g/mol. The quantitative estimate of drug-likeness (QED) is 0.218. The molecule has 0 aromatic carbocycles. The lowest BCUT2D eigenvalue weighted by molar-refractivity contribution is 0.248. The third-order valence-electron chi connectivity index (χ3n) is 7.12. The van der Waals surface area contributed by atoms with E-state index in [4.69, 9.17) is 4.98 Å². The fraction of sp³-hybridized carbons (Fsp3) is 0.233. The molecule has 0 aliphatic carbocycles. The first-order chi connectivity index (χ1) is 18.6. The Morgan fingerprint density at radius 1 is 1.08 bits per heavy atom. The number of pyridine rings is 2. The Balaban J connectivity index is 1.36.